The lowest BCUT2D eigenvalue weighted by atomic mass is 10.00. The maximum Gasteiger partial charge on any atom is 0.233 e. The number of nitrogens with one attached hydrogen (secondary N) is 1. The SMILES string of the molecule is CCC(CCCN1C(=O)C2CC(C)CC2C1=O)NC. The van der Waals surface area contributed by atoms with Gasteiger partial charge in [-0.25, -0.2) is 0 Å². The molecule has 1 aliphatic heterocycles. The number of nitrogens with zero attached hydrogens (tertiary/aromatic N) is 1. The molecule has 2 fully saturated rings. The number of carbonyl (C=O) groups excluding carboxylic acids is 2. The first-order valence-corrected chi connectivity index (χ1v) is 7.60. The van der Waals surface area contributed by atoms with Crippen LogP contribution >= 0.6 is 0 Å². The lowest BCUT2D eigenvalue weighted by Crippen LogP contribution is -2.34. The van der Waals surface area contributed by atoms with E-state index in [1.807, 2.05) is 7.05 Å². The van der Waals surface area contributed by atoms with Crippen LogP contribution in [0.3, 0.4) is 0 Å². The summed E-state index contributed by atoms with van der Waals surface area (Å²) in [4.78, 5) is 26.0. The Balaban J connectivity index is 1.85. The Kier molecular flexibility index (Phi) is 4.61. The van der Waals surface area contributed by atoms with Crippen molar-refractivity contribution < 1.29 is 9.59 Å². The Morgan fingerprint density at radius 2 is 1.84 bits per heavy atom. The summed E-state index contributed by atoms with van der Waals surface area (Å²) < 4.78 is 0. The molecule has 4 heteroatoms. The van der Waals surface area contributed by atoms with E-state index < -0.39 is 0 Å². The molecule has 1 N–H and O–H groups in total. The monoisotopic (exact) mass is 266 g/mol. The van der Waals surface area contributed by atoms with Crippen molar-refractivity contribution in [2.45, 2.75) is 52.0 Å². The highest BCUT2D eigenvalue weighted by Crippen LogP contribution is 2.42. The fourth-order valence-electron chi connectivity index (χ4n) is 3.62. The van der Waals surface area contributed by atoms with Crippen molar-refractivity contribution in [3.05, 3.63) is 0 Å². The predicted octanol–water partition coefficient (Wildman–Crippen LogP) is 1.80. The molecular weight excluding hydrogens is 240 g/mol. The number of carbonyl (C=O) groups is 2. The highest BCUT2D eigenvalue weighted by molar-refractivity contribution is 6.05. The topological polar surface area (TPSA) is 49.4 Å². The number of hydrogen-bond donors (Lipinski definition) is 1. The van der Waals surface area contributed by atoms with Gasteiger partial charge in [-0.05, 0) is 45.1 Å². The van der Waals surface area contributed by atoms with E-state index in [9.17, 15) is 9.59 Å². The van der Waals surface area contributed by atoms with Crippen molar-refractivity contribution in [3.8, 4) is 0 Å². The first-order chi connectivity index (χ1) is 9.08. The quantitative estimate of drug-likeness (QED) is 0.746. The molecule has 4 nitrogen and oxygen atoms in total. The standard InChI is InChI=1S/C15H26N2O2/c1-4-11(16-3)6-5-7-17-14(18)12-8-10(2)9-13(12)15(17)19/h10-13,16H,4-9H2,1-3H3. The molecule has 1 heterocycles. The minimum Gasteiger partial charge on any atom is -0.317 e. The van der Waals surface area contributed by atoms with Gasteiger partial charge in [0.1, 0.15) is 0 Å². The van der Waals surface area contributed by atoms with E-state index >= 15 is 0 Å². The third-order valence-corrected chi connectivity index (χ3v) is 4.80. The summed E-state index contributed by atoms with van der Waals surface area (Å²) in [6.45, 7) is 4.90. The molecule has 1 saturated carbocycles. The van der Waals surface area contributed by atoms with Crippen LogP contribution in [0, 0.1) is 17.8 Å². The van der Waals surface area contributed by atoms with Gasteiger partial charge in [-0.15, -0.1) is 0 Å². The lowest BCUT2D eigenvalue weighted by Gasteiger charge is -2.19. The number of hydrogen-bond acceptors (Lipinski definition) is 3. The van der Waals surface area contributed by atoms with Gasteiger partial charge in [0.25, 0.3) is 0 Å². The van der Waals surface area contributed by atoms with E-state index in [1.54, 1.807) is 0 Å². The third-order valence-electron chi connectivity index (χ3n) is 4.80. The molecule has 1 saturated heterocycles. The molecule has 2 rings (SSSR count). The Morgan fingerprint density at radius 3 is 2.32 bits per heavy atom. The van der Waals surface area contributed by atoms with Crippen LogP contribution < -0.4 is 5.32 Å². The molecule has 19 heavy (non-hydrogen) atoms. The van der Waals surface area contributed by atoms with E-state index in [4.69, 9.17) is 0 Å². The molecule has 2 aliphatic rings. The van der Waals surface area contributed by atoms with Gasteiger partial charge in [0, 0.05) is 12.6 Å². The Bertz CT molecular complexity index is 328. The highest BCUT2D eigenvalue weighted by atomic mass is 16.2. The average molecular weight is 266 g/mol. The van der Waals surface area contributed by atoms with Crippen molar-refractivity contribution in [1.82, 2.24) is 10.2 Å². The molecule has 1 aliphatic carbocycles. The van der Waals surface area contributed by atoms with Crippen molar-refractivity contribution in [2.75, 3.05) is 13.6 Å². The van der Waals surface area contributed by atoms with E-state index in [0.29, 0.717) is 18.5 Å². The zero-order valence-corrected chi connectivity index (χ0v) is 12.3. The van der Waals surface area contributed by atoms with Gasteiger partial charge in [-0.3, -0.25) is 14.5 Å². The maximum absolute atomic E-state index is 12.2. The van der Waals surface area contributed by atoms with Crippen LogP contribution in [0.1, 0.15) is 46.0 Å². The largest absolute Gasteiger partial charge is 0.317 e. The van der Waals surface area contributed by atoms with Crippen molar-refractivity contribution >= 4 is 11.8 Å². The first-order valence-electron chi connectivity index (χ1n) is 7.60. The number of rotatable bonds is 6. The van der Waals surface area contributed by atoms with E-state index in [1.165, 1.54) is 4.90 Å². The molecule has 3 atom stereocenters. The van der Waals surface area contributed by atoms with E-state index in [2.05, 4.69) is 19.2 Å². The second-order valence-electron chi connectivity index (χ2n) is 6.15. The van der Waals surface area contributed by atoms with Crippen LogP contribution in [0.2, 0.25) is 0 Å². The second-order valence-corrected chi connectivity index (χ2v) is 6.15. The second kappa shape index (κ2) is 6.04. The number of imide groups is 1. The Hall–Kier alpha value is -0.900. The van der Waals surface area contributed by atoms with Gasteiger partial charge < -0.3 is 5.32 Å². The highest BCUT2D eigenvalue weighted by Gasteiger charge is 2.51. The van der Waals surface area contributed by atoms with Crippen LogP contribution in [-0.4, -0.2) is 36.3 Å². The molecule has 3 unspecified atom stereocenters. The van der Waals surface area contributed by atoms with Gasteiger partial charge in [0.2, 0.25) is 11.8 Å². The summed E-state index contributed by atoms with van der Waals surface area (Å²) in [7, 11) is 1.96. The fourth-order valence-corrected chi connectivity index (χ4v) is 3.62. The predicted molar refractivity (Wildman–Crippen MR) is 74.5 cm³/mol. The summed E-state index contributed by atoms with van der Waals surface area (Å²) in [6.07, 6.45) is 4.82. The summed E-state index contributed by atoms with van der Waals surface area (Å²) in [5.74, 6) is 0.704. The fraction of sp³-hybridized carbons (Fsp3) is 0.867. The van der Waals surface area contributed by atoms with E-state index in [0.717, 1.165) is 32.1 Å². The van der Waals surface area contributed by atoms with Crippen LogP contribution in [0.5, 0.6) is 0 Å². The molecule has 108 valence electrons. The van der Waals surface area contributed by atoms with E-state index in [-0.39, 0.29) is 23.7 Å². The van der Waals surface area contributed by atoms with Crippen LogP contribution in [0.25, 0.3) is 0 Å². The minimum absolute atomic E-state index is 0.00577. The smallest absolute Gasteiger partial charge is 0.233 e. The summed E-state index contributed by atoms with van der Waals surface area (Å²) in [5, 5.41) is 3.26. The molecule has 2 amide bonds. The molecule has 0 bridgehead atoms. The molecule has 0 radical (unpaired) electrons. The molecule has 0 aromatic carbocycles. The average Bonchev–Trinajstić information content (AvgIpc) is 2.87. The minimum atomic E-state index is -0.00577. The van der Waals surface area contributed by atoms with Gasteiger partial charge in [-0.2, -0.15) is 0 Å². The molecular formula is C15H26N2O2. The van der Waals surface area contributed by atoms with Gasteiger partial charge in [0.05, 0.1) is 11.8 Å². The van der Waals surface area contributed by atoms with Gasteiger partial charge in [-0.1, -0.05) is 13.8 Å². The Labute approximate surface area is 115 Å². The first kappa shape index (κ1) is 14.5. The van der Waals surface area contributed by atoms with Gasteiger partial charge >= 0.3 is 0 Å². The summed E-state index contributed by atoms with van der Waals surface area (Å²) in [6, 6.07) is 0.493. The number of amides is 2. The number of fused-ring (bicyclic) bond motifs is 1. The Morgan fingerprint density at radius 1 is 1.26 bits per heavy atom. The van der Waals surface area contributed by atoms with Crippen molar-refractivity contribution in [2.24, 2.45) is 17.8 Å². The maximum atomic E-state index is 12.2. The molecule has 0 spiro atoms. The summed E-state index contributed by atoms with van der Waals surface area (Å²) in [5.41, 5.74) is 0. The molecule has 0 aromatic heterocycles. The zero-order chi connectivity index (χ0) is 14.0. The lowest BCUT2D eigenvalue weighted by molar-refractivity contribution is -0.140. The zero-order valence-electron chi connectivity index (χ0n) is 12.3. The van der Waals surface area contributed by atoms with Crippen LogP contribution in [0.15, 0.2) is 0 Å². The third kappa shape index (κ3) is 2.83. The van der Waals surface area contributed by atoms with Crippen LogP contribution in [0.4, 0.5) is 0 Å². The summed E-state index contributed by atoms with van der Waals surface area (Å²) >= 11 is 0. The van der Waals surface area contributed by atoms with Crippen LogP contribution in [-0.2, 0) is 9.59 Å². The molecule has 0 aromatic rings. The number of likely N-dealkylation sites (tertiary alicyclic amines) is 1. The van der Waals surface area contributed by atoms with Crippen molar-refractivity contribution in [3.63, 3.8) is 0 Å². The van der Waals surface area contributed by atoms with Crippen molar-refractivity contribution in [1.29, 1.82) is 0 Å². The normalized spacial score (nSPS) is 31.9. The van der Waals surface area contributed by atoms with Gasteiger partial charge in [0.15, 0.2) is 0 Å².